The fourth-order valence-electron chi connectivity index (χ4n) is 3.29. The maximum Gasteiger partial charge on any atom is 0.0686 e. The Balaban J connectivity index is 2.13. The van der Waals surface area contributed by atoms with Crippen LogP contribution >= 0.6 is 0 Å². The van der Waals surface area contributed by atoms with Crippen LogP contribution in [-0.4, -0.2) is 12.2 Å². The molecule has 1 unspecified atom stereocenters. The predicted octanol–water partition coefficient (Wildman–Crippen LogP) is 3.38. The first-order valence-electron chi connectivity index (χ1n) is 5.74. The van der Waals surface area contributed by atoms with Crippen molar-refractivity contribution in [1.82, 2.24) is 0 Å². The summed E-state index contributed by atoms with van der Waals surface area (Å²) in [5, 5.41) is 0. The minimum atomic E-state index is 0.216. The van der Waals surface area contributed by atoms with Crippen molar-refractivity contribution in [3.8, 4) is 0 Å². The molecule has 0 aromatic heterocycles. The molecule has 1 saturated heterocycles. The third-order valence-electron chi connectivity index (χ3n) is 4.36. The first-order valence-corrected chi connectivity index (χ1v) is 5.74. The highest BCUT2D eigenvalue weighted by molar-refractivity contribution is 5.01. The van der Waals surface area contributed by atoms with Gasteiger partial charge in [-0.1, -0.05) is 20.3 Å². The van der Waals surface area contributed by atoms with E-state index >= 15 is 0 Å². The highest BCUT2D eigenvalue weighted by Crippen LogP contribution is 2.54. The lowest BCUT2D eigenvalue weighted by atomic mass is 9.65. The summed E-state index contributed by atoms with van der Waals surface area (Å²) in [6.07, 6.45) is 6.77. The zero-order valence-corrected chi connectivity index (χ0v) is 9.23. The van der Waals surface area contributed by atoms with Crippen molar-refractivity contribution in [2.24, 2.45) is 11.3 Å². The third-order valence-corrected chi connectivity index (χ3v) is 4.36. The Hall–Kier alpha value is -0.0400. The first-order chi connectivity index (χ1) is 6.10. The van der Waals surface area contributed by atoms with Gasteiger partial charge in [0.15, 0.2) is 0 Å². The molecule has 1 heteroatoms. The summed E-state index contributed by atoms with van der Waals surface area (Å²) in [6.45, 7) is 7.99. The fraction of sp³-hybridized carbons (Fsp3) is 1.00. The number of fused-ring (bicyclic) bond motifs is 2. The van der Waals surface area contributed by atoms with E-state index in [1.165, 1.54) is 32.1 Å². The molecule has 1 saturated carbocycles. The normalized spacial score (nSPS) is 49.6. The van der Waals surface area contributed by atoms with Crippen LogP contribution in [0.1, 0.15) is 52.9 Å². The van der Waals surface area contributed by atoms with Crippen LogP contribution in [0, 0.1) is 11.3 Å². The predicted molar refractivity (Wildman–Crippen MR) is 54.7 cm³/mol. The molecule has 1 nitrogen and oxygen atoms in total. The highest BCUT2D eigenvalue weighted by Gasteiger charge is 2.52. The van der Waals surface area contributed by atoms with Gasteiger partial charge in [-0.2, -0.15) is 0 Å². The minimum absolute atomic E-state index is 0.216. The van der Waals surface area contributed by atoms with E-state index in [2.05, 4.69) is 20.8 Å². The molecule has 0 aromatic rings. The van der Waals surface area contributed by atoms with Crippen LogP contribution in [0.15, 0.2) is 0 Å². The standard InChI is InChI=1S/C12H22O/c1-4-6-12-7-5-10(2)11(3,8-12)13-9-12/h10H,4-9H2,1-3H3/t10-,11?,12+/m0/s1. The second-order valence-electron chi connectivity index (χ2n) is 5.47. The van der Waals surface area contributed by atoms with Gasteiger partial charge in [-0.05, 0) is 43.9 Å². The number of ether oxygens (including phenoxy) is 1. The summed E-state index contributed by atoms with van der Waals surface area (Å²) in [5.41, 5.74) is 0.781. The zero-order valence-electron chi connectivity index (χ0n) is 9.23. The molecule has 0 N–H and O–H groups in total. The Morgan fingerprint density at radius 3 is 2.92 bits per heavy atom. The Labute approximate surface area is 81.9 Å². The van der Waals surface area contributed by atoms with Crippen molar-refractivity contribution >= 4 is 0 Å². The van der Waals surface area contributed by atoms with Crippen molar-refractivity contribution in [1.29, 1.82) is 0 Å². The topological polar surface area (TPSA) is 9.23 Å². The number of hydrogen-bond donors (Lipinski definition) is 0. The van der Waals surface area contributed by atoms with Gasteiger partial charge >= 0.3 is 0 Å². The van der Waals surface area contributed by atoms with E-state index in [1.807, 2.05) is 0 Å². The average Bonchev–Trinajstić information content (AvgIpc) is 2.37. The van der Waals surface area contributed by atoms with Crippen LogP contribution in [0.3, 0.4) is 0 Å². The summed E-state index contributed by atoms with van der Waals surface area (Å²) in [5.74, 6) is 0.764. The summed E-state index contributed by atoms with van der Waals surface area (Å²) in [7, 11) is 0. The summed E-state index contributed by atoms with van der Waals surface area (Å²) in [4.78, 5) is 0. The molecular weight excluding hydrogens is 160 g/mol. The van der Waals surface area contributed by atoms with Crippen LogP contribution in [0.5, 0.6) is 0 Å². The van der Waals surface area contributed by atoms with E-state index < -0.39 is 0 Å². The zero-order chi connectivity index (χ0) is 9.53. The second kappa shape index (κ2) is 2.98. The summed E-state index contributed by atoms with van der Waals surface area (Å²) < 4.78 is 6.03. The molecule has 2 fully saturated rings. The van der Waals surface area contributed by atoms with Crippen LogP contribution in [0.25, 0.3) is 0 Å². The molecule has 1 aliphatic heterocycles. The molecule has 2 bridgehead atoms. The molecule has 1 aliphatic carbocycles. The van der Waals surface area contributed by atoms with Crippen LogP contribution in [0.4, 0.5) is 0 Å². The Morgan fingerprint density at radius 2 is 2.23 bits per heavy atom. The quantitative estimate of drug-likeness (QED) is 0.636. The van der Waals surface area contributed by atoms with E-state index in [0.717, 1.165) is 12.5 Å². The van der Waals surface area contributed by atoms with E-state index in [1.54, 1.807) is 0 Å². The van der Waals surface area contributed by atoms with E-state index in [9.17, 15) is 0 Å². The van der Waals surface area contributed by atoms with E-state index in [0.29, 0.717) is 5.41 Å². The van der Waals surface area contributed by atoms with Gasteiger partial charge in [0.25, 0.3) is 0 Å². The molecule has 1 heterocycles. The maximum absolute atomic E-state index is 6.03. The van der Waals surface area contributed by atoms with Gasteiger partial charge in [-0.3, -0.25) is 0 Å². The second-order valence-corrected chi connectivity index (χ2v) is 5.47. The van der Waals surface area contributed by atoms with Crippen LogP contribution in [-0.2, 0) is 4.74 Å². The van der Waals surface area contributed by atoms with Crippen molar-refractivity contribution in [3.63, 3.8) is 0 Å². The van der Waals surface area contributed by atoms with Crippen molar-refractivity contribution in [2.75, 3.05) is 6.61 Å². The van der Waals surface area contributed by atoms with Crippen molar-refractivity contribution in [3.05, 3.63) is 0 Å². The molecule has 0 aromatic carbocycles. The Morgan fingerprint density at radius 1 is 1.46 bits per heavy atom. The Bertz CT molecular complexity index is 197. The smallest absolute Gasteiger partial charge is 0.0686 e. The molecule has 2 rings (SSSR count). The van der Waals surface area contributed by atoms with Crippen molar-refractivity contribution in [2.45, 2.75) is 58.5 Å². The van der Waals surface area contributed by atoms with Crippen LogP contribution in [0.2, 0.25) is 0 Å². The molecule has 0 spiro atoms. The average molecular weight is 182 g/mol. The van der Waals surface area contributed by atoms with Gasteiger partial charge in [-0.15, -0.1) is 0 Å². The van der Waals surface area contributed by atoms with Gasteiger partial charge in [-0.25, -0.2) is 0 Å². The molecule has 76 valence electrons. The van der Waals surface area contributed by atoms with Crippen LogP contribution < -0.4 is 0 Å². The number of hydrogen-bond acceptors (Lipinski definition) is 1. The van der Waals surface area contributed by atoms with E-state index in [-0.39, 0.29) is 5.60 Å². The SMILES string of the molecule is CCC[C@@]12CC[C@H](C)C(C)(C1)OC2. The van der Waals surface area contributed by atoms with Gasteiger partial charge < -0.3 is 4.74 Å². The van der Waals surface area contributed by atoms with Gasteiger partial charge in [0.05, 0.1) is 12.2 Å². The van der Waals surface area contributed by atoms with Gasteiger partial charge in [0, 0.05) is 0 Å². The molecule has 0 amide bonds. The number of rotatable bonds is 2. The maximum atomic E-state index is 6.03. The lowest BCUT2D eigenvalue weighted by molar-refractivity contribution is -0.0233. The molecule has 13 heavy (non-hydrogen) atoms. The van der Waals surface area contributed by atoms with Gasteiger partial charge in [0.1, 0.15) is 0 Å². The Kier molecular flexibility index (Phi) is 2.18. The summed E-state index contributed by atoms with van der Waals surface area (Å²) >= 11 is 0. The third kappa shape index (κ3) is 1.41. The highest BCUT2D eigenvalue weighted by atomic mass is 16.5. The fourth-order valence-corrected chi connectivity index (χ4v) is 3.29. The minimum Gasteiger partial charge on any atom is -0.374 e. The molecular formula is C12H22O. The monoisotopic (exact) mass is 182 g/mol. The molecule has 2 aliphatic rings. The lowest BCUT2D eigenvalue weighted by Crippen LogP contribution is -2.38. The largest absolute Gasteiger partial charge is 0.374 e. The molecule has 3 atom stereocenters. The summed E-state index contributed by atoms with van der Waals surface area (Å²) in [6, 6.07) is 0. The van der Waals surface area contributed by atoms with Gasteiger partial charge in [0.2, 0.25) is 0 Å². The lowest BCUT2D eigenvalue weighted by Gasteiger charge is -2.39. The van der Waals surface area contributed by atoms with Crippen molar-refractivity contribution < 1.29 is 4.74 Å². The van der Waals surface area contributed by atoms with E-state index in [4.69, 9.17) is 4.74 Å². The molecule has 0 radical (unpaired) electrons. The first kappa shape index (κ1) is 9.51.